The van der Waals surface area contributed by atoms with Crippen LogP contribution in [0.2, 0.25) is 0 Å². The summed E-state index contributed by atoms with van der Waals surface area (Å²) < 4.78 is 0. The zero-order valence-corrected chi connectivity index (χ0v) is 12.1. The molecule has 1 aliphatic heterocycles. The summed E-state index contributed by atoms with van der Waals surface area (Å²) >= 11 is 5.14. The fourth-order valence-electron chi connectivity index (χ4n) is 2.72. The van der Waals surface area contributed by atoms with E-state index >= 15 is 0 Å². The first-order valence-electron chi connectivity index (χ1n) is 6.82. The number of pyridine rings is 1. The Bertz CT molecular complexity index is 639. The molecule has 0 saturated carbocycles. The predicted octanol–water partition coefficient (Wildman–Crippen LogP) is 2.67. The van der Waals surface area contributed by atoms with Crippen molar-refractivity contribution in [2.45, 2.75) is 19.4 Å². The Morgan fingerprint density at radius 2 is 1.95 bits per heavy atom. The molecule has 0 radical (unpaired) electrons. The Morgan fingerprint density at radius 3 is 2.75 bits per heavy atom. The predicted molar refractivity (Wildman–Crippen MR) is 85.9 cm³/mol. The topological polar surface area (TPSA) is 42.1 Å². The molecule has 1 aromatic heterocycles. The lowest BCUT2D eigenvalue weighted by atomic mass is 10.0. The Morgan fingerprint density at radius 1 is 1.15 bits per heavy atom. The van der Waals surface area contributed by atoms with E-state index < -0.39 is 0 Å². The number of hydrogen-bond acceptors (Lipinski definition) is 3. The number of thiocarbonyl (C=S) groups is 1. The second-order valence-corrected chi connectivity index (χ2v) is 5.47. The van der Waals surface area contributed by atoms with Gasteiger partial charge in [0, 0.05) is 19.3 Å². The third-order valence-electron chi connectivity index (χ3n) is 3.71. The van der Waals surface area contributed by atoms with E-state index in [9.17, 15) is 0 Å². The summed E-state index contributed by atoms with van der Waals surface area (Å²) in [5.74, 6) is 0.900. The van der Waals surface area contributed by atoms with Crippen LogP contribution in [0.1, 0.15) is 23.1 Å². The zero-order chi connectivity index (χ0) is 13.9. The maximum atomic E-state index is 5.82. The van der Waals surface area contributed by atoms with Crippen LogP contribution in [0.15, 0.2) is 42.6 Å². The van der Waals surface area contributed by atoms with Gasteiger partial charge in [-0.25, -0.2) is 4.98 Å². The average molecular weight is 283 g/mol. The van der Waals surface area contributed by atoms with Gasteiger partial charge < -0.3 is 10.6 Å². The zero-order valence-electron chi connectivity index (χ0n) is 11.2. The first kappa shape index (κ1) is 13.1. The maximum absolute atomic E-state index is 5.82. The van der Waals surface area contributed by atoms with Gasteiger partial charge in [-0.15, -0.1) is 0 Å². The smallest absolute Gasteiger partial charge is 0.139 e. The molecule has 102 valence electrons. The molecule has 3 nitrogen and oxygen atoms in total. The summed E-state index contributed by atoms with van der Waals surface area (Å²) in [7, 11) is 0. The van der Waals surface area contributed by atoms with Crippen LogP contribution in [0.4, 0.5) is 5.82 Å². The summed E-state index contributed by atoms with van der Waals surface area (Å²) in [6, 6.07) is 12.4. The molecule has 20 heavy (non-hydrogen) atoms. The number of hydrogen-bond donors (Lipinski definition) is 1. The van der Waals surface area contributed by atoms with Gasteiger partial charge in [0.2, 0.25) is 0 Å². The molecule has 3 rings (SSSR count). The first-order chi connectivity index (χ1) is 9.75. The number of nitrogens with zero attached hydrogens (tertiary/aromatic N) is 2. The second-order valence-electron chi connectivity index (χ2n) is 5.03. The minimum Gasteiger partial charge on any atom is -0.389 e. The van der Waals surface area contributed by atoms with Crippen LogP contribution in [-0.4, -0.2) is 16.5 Å². The van der Waals surface area contributed by atoms with Crippen molar-refractivity contribution in [2.24, 2.45) is 5.73 Å². The van der Waals surface area contributed by atoms with Crippen molar-refractivity contribution in [1.82, 2.24) is 4.98 Å². The minimum atomic E-state index is 0.408. The van der Waals surface area contributed by atoms with E-state index in [1.807, 2.05) is 12.1 Å². The third kappa shape index (κ3) is 2.51. The lowest BCUT2D eigenvalue weighted by Gasteiger charge is -2.24. The molecule has 0 atom stereocenters. The highest BCUT2D eigenvalue weighted by atomic mass is 32.1. The molecule has 0 fully saturated rings. The van der Waals surface area contributed by atoms with Crippen molar-refractivity contribution in [3.05, 3.63) is 59.3 Å². The molecule has 0 saturated heterocycles. The molecular formula is C16H17N3S. The fourth-order valence-corrected chi connectivity index (χ4v) is 2.88. The normalized spacial score (nSPS) is 14.5. The highest BCUT2D eigenvalue weighted by Crippen LogP contribution is 2.24. The quantitative estimate of drug-likeness (QED) is 0.861. The van der Waals surface area contributed by atoms with Crippen molar-refractivity contribution in [2.75, 3.05) is 11.4 Å². The minimum absolute atomic E-state index is 0.408. The van der Waals surface area contributed by atoms with E-state index in [-0.39, 0.29) is 0 Å². The molecule has 0 bridgehead atoms. The van der Waals surface area contributed by atoms with Gasteiger partial charge in [-0.1, -0.05) is 36.5 Å². The van der Waals surface area contributed by atoms with E-state index in [1.54, 1.807) is 6.20 Å². The van der Waals surface area contributed by atoms with Crippen molar-refractivity contribution in [1.29, 1.82) is 0 Å². The van der Waals surface area contributed by atoms with Gasteiger partial charge in [0.15, 0.2) is 0 Å². The van der Waals surface area contributed by atoms with Gasteiger partial charge >= 0.3 is 0 Å². The van der Waals surface area contributed by atoms with E-state index in [0.29, 0.717) is 4.99 Å². The maximum Gasteiger partial charge on any atom is 0.139 e. The van der Waals surface area contributed by atoms with Crippen LogP contribution >= 0.6 is 12.2 Å². The summed E-state index contributed by atoms with van der Waals surface area (Å²) in [6.07, 6.45) is 4.03. The first-order valence-corrected chi connectivity index (χ1v) is 7.23. The SMILES string of the molecule is NC(=S)c1cccnc1N1CCCc2ccccc2C1. The molecule has 2 heterocycles. The van der Waals surface area contributed by atoms with Crippen molar-refractivity contribution >= 4 is 23.0 Å². The van der Waals surface area contributed by atoms with Gasteiger partial charge in [-0.3, -0.25) is 0 Å². The lowest BCUT2D eigenvalue weighted by Crippen LogP contribution is -2.27. The van der Waals surface area contributed by atoms with E-state index in [2.05, 4.69) is 34.1 Å². The highest BCUT2D eigenvalue weighted by Gasteiger charge is 2.18. The largest absolute Gasteiger partial charge is 0.389 e. The molecule has 1 aliphatic rings. The second kappa shape index (κ2) is 5.59. The molecule has 1 aromatic carbocycles. The monoisotopic (exact) mass is 283 g/mol. The molecular weight excluding hydrogens is 266 g/mol. The molecule has 0 amide bonds. The molecule has 0 aliphatic carbocycles. The summed E-state index contributed by atoms with van der Waals surface area (Å²) in [4.78, 5) is 7.18. The van der Waals surface area contributed by atoms with Gasteiger partial charge in [0.05, 0.1) is 5.56 Å². The van der Waals surface area contributed by atoms with E-state index in [0.717, 1.165) is 37.3 Å². The molecule has 0 unspecified atom stereocenters. The Balaban J connectivity index is 1.98. The number of aromatic nitrogens is 1. The summed E-state index contributed by atoms with van der Waals surface area (Å²) in [6.45, 7) is 1.84. The molecule has 2 N–H and O–H groups in total. The third-order valence-corrected chi connectivity index (χ3v) is 3.93. The van der Waals surface area contributed by atoms with Crippen LogP contribution in [0.5, 0.6) is 0 Å². The number of fused-ring (bicyclic) bond motifs is 1. The lowest BCUT2D eigenvalue weighted by molar-refractivity contribution is 0.754. The average Bonchev–Trinajstić information content (AvgIpc) is 2.69. The standard InChI is InChI=1S/C16H17N3S/c17-15(20)14-8-3-9-18-16(14)19-10-4-7-12-5-1-2-6-13(12)11-19/h1-3,5-6,8-9H,4,7,10-11H2,(H2,17,20). The van der Waals surface area contributed by atoms with Gasteiger partial charge in [0.1, 0.15) is 10.8 Å². The van der Waals surface area contributed by atoms with Crippen LogP contribution in [0, 0.1) is 0 Å². The Hall–Kier alpha value is -1.94. The van der Waals surface area contributed by atoms with Gasteiger partial charge in [0.25, 0.3) is 0 Å². The molecule has 4 heteroatoms. The Kier molecular flexibility index (Phi) is 3.65. The van der Waals surface area contributed by atoms with Crippen molar-refractivity contribution in [3.8, 4) is 0 Å². The number of rotatable bonds is 2. The van der Waals surface area contributed by atoms with E-state index in [4.69, 9.17) is 18.0 Å². The van der Waals surface area contributed by atoms with Crippen LogP contribution in [0.25, 0.3) is 0 Å². The van der Waals surface area contributed by atoms with Crippen molar-refractivity contribution < 1.29 is 0 Å². The molecule has 0 spiro atoms. The summed E-state index contributed by atoms with van der Waals surface area (Å²) in [5.41, 5.74) is 9.48. The fraction of sp³-hybridized carbons (Fsp3) is 0.250. The van der Waals surface area contributed by atoms with Gasteiger partial charge in [-0.05, 0) is 36.1 Å². The number of aryl methyl sites for hydroxylation is 1. The number of anilines is 1. The van der Waals surface area contributed by atoms with Gasteiger partial charge in [-0.2, -0.15) is 0 Å². The van der Waals surface area contributed by atoms with Crippen LogP contribution in [0.3, 0.4) is 0 Å². The highest BCUT2D eigenvalue weighted by molar-refractivity contribution is 7.80. The summed E-state index contributed by atoms with van der Waals surface area (Å²) in [5, 5.41) is 0. The van der Waals surface area contributed by atoms with E-state index in [1.165, 1.54) is 11.1 Å². The number of nitrogens with two attached hydrogens (primary N) is 1. The van der Waals surface area contributed by atoms with Crippen LogP contribution in [-0.2, 0) is 13.0 Å². The van der Waals surface area contributed by atoms with Crippen molar-refractivity contribution in [3.63, 3.8) is 0 Å². The Labute approximate surface area is 124 Å². The number of benzene rings is 1. The molecule has 2 aromatic rings. The van der Waals surface area contributed by atoms with Crippen LogP contribution < -0.4 is 10.6 Å².